The molecule has 0 atom stereocenters. The summed E-state index contributed by atoms with van der Waals surface area (Å²) in [6.07, 6.45) is 0.977. The predicted octanol–water partition coefficient (Wildman–Crippen LogP) is 2.14. The average molecular weight is 329 g/mol. The Morgan fingerprint density at radius 3 is 2.76 bits per heavy atom. The van der Waals surface area contributed by atoms with E-state index in [1.165, 1.54) is 24.1 Å². The molecule has 2 N–H and O–H groups in total. The lowest BCUT2D eigenvalue weighted by molar-refractivity contribution is -0.410. The van der Waals surface area contributed by atoms with Crippen LogP contribution < -0.4 is 5.32 Å². The minimum absolute atomic E-state index is 0.179. The maximum Gasteiger partial charge on any atom is 0.329 e. The first-order chi connectivity index (χ1) is 9.88. The monoisotopic (exact) mass is 328 g/mol. The average Bonchev–Trinajstić information content (AvgIpc) is 2.91. The molecule has 109 valence electrons. The molecule has 0 saturated carbocycles. The summed E-state index contributed by atoms with van der Waals surface area (Å²) >= 11 is 6.43. The second-order valence-electron chi connectivity index (χ2n) is 3.78. The maximum absolute atomic E-state index is 11.8. The van der Waals surface area contributed by atoms with Crippen molar-refractivity contribution in [3.05, 3.63) is 56.0 Å². The molecule has 0 fully saturated rings. The van der Waals surface area contributed by atoms with Gasteiger partial charge in [0.05, 0.1) is 16.7 Å². The van der Waals surface area contributed by atoms with Crippen LogP contribution in [0.25, 0.3) is 0 Å². The minimum Gasteiger partial charge on any atom is -0.507 e. The van der Waals surface area contributed by atoms with Crippen molar-refractivity contribution in [2.45, 2.75) is 0 Å². The van der Waals surface area contributed by atoms with Crippen LogP contribution in [0.3, 0.4) is 0 Å². The van der Waals surface area contributed by atoms with E-state index in [-0.39, 0.29) is 21.4 Å². The van der Waals surface area contributed by atoms with Crippen LogP contribution in [-0.2, 0) is 0 Å². The molecule has 2 rings (SSSR count). The quantitative estimate of drug-likeness (QED) is 0.635. The Balaban J connectivity index is 2.08. The number of nitro groups is 1. The lowest BCUT2D eigenvalue weighted by atomic mass is 10.2. The molecule has 3 amide bonds. The van der Waals surface area contributed by atoms with Crippen molar-refractivity contribution in [1.29, 1.82) is 0 Å². The van der Waals surface area contributed by atoms with Crippen LogP contribution >= 0.6 is 23.4 Å². The minimum atomic E-state index is -0.885. The molecule has 0 aliphatic carbocycles. The third-order valence-corrected chi connectivity index (χ3v) is 3.44. The molecule has 0 aromatic heterocycles. The van der Waals surface area contributed by atoms with Crippen molar-refractivity contribution in [1.82, 2.24) is 10.2 Å². The number of nitrogens with zero attached hydrogens (tertiary/aromatic N) is 2. The Kier molecular flexibility index (Phi) is 4.34. The number of carbonyl (C=O) groups is 2. The topological polar surface area (TPSA) is 113 Å². The molecule has 1 heterocycles. The van der Waals surface area contributed by atoms with Gasteiger partial charge >= 0.3 is 11.1 Å². The summed E-state index contributed by atoms with van der Waals surface area (Å²) in [6, 6.07) is 2.90. The predicted molar refractivity (Wildman–Crippen MR) is 74.8 cm³/mol. The van der Waals surface area contributed by atoms with Crippen molar-refractivity contribution >= 4 is 35.3 Å². The van der Waals surface area contributed by atoms with Gasteiger partial charge in [-0.15, -0.1) is 0 Å². The first-order valence-electron chi connectivity index (χ1n) is 5.37. The van der Waals surface area contributed by atoms with Crippen LogP contribution in [-0.4, -0.2) is 26.9 Å². The fourth-order valence-corrected chi connectivity index (χ4v) is 2.22. The van der Waals surface area contributed by atoms with Gasteiger partial charge in [0.2, 0.25) is 0 Å². The summed E-state index contributed by atoms with van der Waals surface area (Å²) in [4.78, 5) is 34.3. The number of halogens is 1. The van der Waals surface area contributed by atoms with Gasteiger partial charge in [-0.3, -0.25) is 25.1 Å². The number of phenols is 1. The molecular formula is C11H7ClN3O5S. The lowest BCUT2D eigenvalue weighted by Crippen LogP contribution is -2.37. The van der Waals surface area contributed by atoms with Crippen LogP contribution in [0, 0.1) is 16.0 Å². The molecule has 0 bridgehead atoms. The number of benzene rings is 1. The number of amides is 3. The number of urea groups is 1. The normalized spacial score (nSPS) is 13.8. The Hall–Kier alpha value is -2.26. The first kappa shape index (κ1) is 15.1. The Bertz CT molecular complexity index is 663. The highest BCUT2D eigenvalue weighted by molar-refractivity contribution is 8.04. The van der Waals surface area contributed by atoms with E-state index in [0.717, 1.165) is 22.9 Å². The van der Waals surface area contributed by atoms with Gasteiger partial charge in [-0.05, 0) is 30.0 Å². The first-order valence-corrected chi connectivity index (χ1v) is 6.62. The maximum atomic E-state index is 11.8. The highest BCUT2D eigenvalue weighted by atomic mass is 35.5. The van der Waals surface area contributed by atoms with Gasteiger partial charge in [-0.25, -0.2) is 4.79 Å². The summed E-state index contributed by atoms with van der Waals surface area (Å²) in [5.74, 6) is -0.0363. The number of carbonyl (C=O) groups excluding carboxylic acids is 2. The van der Waals surface area contributed by atoms with E-state index >= 15 is 0 Å². The lowest BCUT2D eigenvalue weighted by Gasteiger charge is -2.12. The number of hydrogen-bond donors (Lipinski definition) is 2. The van der Waals surface area contributed by atoms with Crippen molar-refractivity contribution in [2.24, 2.45) is 0 Å². The molecule has 1 aromatic carbocycles. The number of nitrogens with one attached hydrogen (secondary N) is 1. The molecule has 0 spiro atoms. The van der Waals surface area contributed by atoms with Gasteiger partial charge in [-0.1, -0.05) is 11.6 Å². The molecule has 21 heavy (non-hydrogen) atoms. The van der Waals surface area contributed by atoms with Crippen molar-refractivity contribution in [3.63, 3.8) is 0 Å². The Labute approximate surface area is 127 Å². The van der Waals surface area contributed by atoms with Crippen LogP contribution in [0.15, 0.2) is 29.4 Å². The van der Waals surface area contributed by atoms with Gasteiger partial charge < -0.3 is 5.11 Å². The van der Waals surface area contributed by atoms with E-state index < -0.39 is 16.9 Å². The summed E-state index contributed by atoms with van der Waals surface area (Å²) in [6.45, 7) is 0. The zero-order valence-electron chi connectivity index (χ0n) is 10.1. The molecular weight excluding hydrogens is 322 g/mol. The van der Waals surface area contributed by atoms with Gasteiger partial charge in [0, 0.05) is 5.02 Å². The van der Waals surface area contributed by atoms with Crippen molar-refractivity contribution in [3.8, 4) is 5.75 Å². The summed E-state index contributed by atoms with van der Waals surface area (Å²) < 4.78 is 0. The SMILES string of the molecule is O=C(NC(=O)N1[CH]SC([N+](=O)[O-])=C1)c1cc(Cl)ccc1O. The second-order valence-corrected chi connectivity index (χ2v) is 5.08. The van der Waals surface area contributed by atoms with Crippen LogP contribution in [0.5, 0.6) is 5.75 Å². The number of rotatable bonds is 2. The van der Waals surface area contributed by atoms with Gasteiger partial charge in [0.15, 0.2) is 0 Å². The molecule has 10 heteroatoms. The largest absolute Gasteiger partial charge is 0.507 e. The highest BCUT2D eigenvalue weighted by Gasteiger charge is 2.28. The molecule has 0 saturated heterocycles. The fourth-order valence-electron chi connectivity index (χ4n) is 1.41. The molecule has 1 aliphatic rings. The highest BCUT2D eigenvalue weighted by Crippen LogP contribution is 2.29. The van der Waals surface area contributed by atoms with Gasteiger partial charge in [-0.2, -0.15) is 0 Å². The van der Waals surface area contributed by atoms with E-state index in [0.29, 0.717) is 0 Å². The third-order valence-electron chi connectivity index (χ3n) is 2.37. The van der Waals surface area contributed by atoms with Gasteiger partial charge in [0.1, 0.15) is 11.6 Å². The van der Waals surface area contributed by atoms with E-state index in [1.54, 1.807) is 0 Å². The number of hydrogen-bond acceptors (Lipinski definition) is 6. The third kappa shape index (κ3) is 3.44. The van der Waals surface area contributed by atoms with Crippen LogP contribution in [0.2, 0.25) is 5.02 Å². The van der Waals surface area contributed by atoms with E-state index in [9.17, 15) is 24.8 Å². The van der Waals surface area contributed by atoms with Crippen LogP contribution in [0.1, 0.15) is 10.4 Å². The van der Waals surface area contributed by atoms with E-state index in [1.807, 2.05) is 5.32 Å². The van der Waals surface area contributed by atoms with Crippen molar-refractivity contribution < 1.29 is 19.6 Å². The van der Waals surface area contributed by atoms with Crippen molar-refractivity contribution in [2.75, 3.05) is 0 Å². The zero-order chi connectivity index (χ0) is 15.6. The number of phenolic OH excluding ortho intramolecular Hbond substituents is 1. The molecule has 1 radical (unpaired) electrons. The molecule has 1 aromatic rings. The number of thioether (sulfide) groups is 1. The Morgan fingerprint density at radius 1 is 1.43 bits per heavy atom. The number of imide groups is 1. The summed E-state index contributed by atoms with van der Waals surface area (Å²) in [5, 5.41) is 22.0. The summed E-state index contributed by atoms with van der Waals surface area (Å²) in [5.41, 5.74) is -0.179. The van der Waals surface area contributed by atoms with E-state index in [4.69, 9.17) is 11.6 Å². The second kappa shape index (κ2) is 6.02. The molecule has 0 unspecified atom stereocenters. The molecule has 1 aliphatic heterocycles. The standard InChI is InChI=1S/C11H7ClN3O5S/c12-6-1-2-8(16)7(3-6)10(17)13-11(18)14-4-9(15(19)20)21-5-14/h1-5,16H,(H,13,17,18). The smallest absolute Gasteiger partial charge is 0.329 e. The van der Waals surface area contributed by atoms with Crippen LogP contribution in [0.4, 0.5) is 4.79 Å². The Morgan fingerprint density at radius 2 is 2.14 bits per heavy atom. The fraction of sp³-hybridized carbons (Fsp3) is 0. The molecule has 8 nitrogen and oxygen atoms in total. The summed E-state index contributed by atoms with van der Waals surface area (Å²) in [7, 11) is 0. The number of aromatic hydroxyl groups is 1. The van der Waals surface area contributed by atoms with E-state index in [2.05, 4.69) is 0 Å². The zero-order valence-corrected chi connectivity index (χ0v) is 11.7. The van der Waals surface area contributed by atoms with Gasteiger partial charge in [0.25, 0.3) is 5.91 Å².